The highest BCUT2D eigenvalue weighted by Crippen LogP contribution is 2.20. The molecule has 0 aliphatic carbocycles. The van der Waals surface area contributed by atoms with Gasteiger partial charge in [-0.15, -0.1) is 0 Å². The molecule has 0 saturated carbocycles. The molecule has 1 unspecified atom stereocenters. The first kappa shape index (κ1) is 12.1. The molecule has 1 aromatic carbocycles. The Morgan fingerprint density at radius 3 is 2.67 bits per heavy atom. The van der Waals surface area contributed by atoms with Gasteiger partial charge in [-0.2, -0.15) is 0 Å². The lowest BCUT2D eigenvalue weighted by atomic mass is 10.1. The number of hydrogen-bond donors (Lipinski definition) is 1. The van der Waals surface area contributed by atoms with Crippen LogP contribution in [0.25, 0.3) is 0 Å². The number of aliphatic hydroxyl groups excluding tert-OH is 1. The van der Waals surface area contributed by atoms with E-state index in [4.69, 9.17) is 4.74 Å². The van der Waals surface area contributed by atoms with Crippen LogP contribution >= 0.6 is 0 Å². The van der Waals surface area contributed by atoms with E-state index in [9.17, 15) is 5.11 Å². The Hall–Kier alpha value is -1.02. The maximum Gasteiger partial charge on any atom is 0.120 e. The maximum atomic E-state index is 9.43. The summed E-state index contributed by atoms with van der Waals surface area (Å²) >= 11 is 0. The standard InChI is InChI=1S/C13H20O2/c1-4-6-10(2)15-13-8-5-7-12(9-13)11(3)14/h5,7-11,14H,4,6H2,1-3H3/t10?,11-/m0/s1. The molecule has 0 amide bonds. The van der Waals surface area contributed by atoms with Gasteiger partial charge in [0.05, 0.1) is 12.2 Å². The Kier molecular flexibility index (Phi) is 4.63. The summed E-state index contributed by atoms with van der Waals surface area (Å²) < 4.78 is 5.73. The molecule has 84 valence electrons. The summed E-state index contributed by atoms with van der Waals surface area (Å²) in [5.41, 5.74) is 0.899. The van der Waals surface area contributed by atoms with Crippen LogP contribution in [0.4, 0.5) is 0 Å². The van der Waals surface area contributed by atoms with Crippen LogP contribution in [0.5, 0.6) is 5.75 Å². The third-order valence-corrected chi connectivity index (χ3v) is 2.37. The van der Waals surface area contributed by atoms with E-state index in [1.165, 1.54) is 0 Å². The molecule has 0 bridgehead atoms. The third-order valence-electron chi connectivity index (χ3n) is 2.37. The monoisotopic (exact) mass is 208 g/mol. The zero-order valence-corrected chi connectivity index (χ0v) is 9.73. The molecule has 2 heteroatoms. The van der Waals surface area contributed by atoms with Crippen LogP contribution in [-0.2, 0) is 0 Å². The molecule has 0 spiro atoms. The Bertz CT molecular complexity index is 294. The van der Waals surface area contributed by atoms with Gasteiger partial charge in [0.2, 0.25) is 0 Å². The van der Waals surface area contributed by atoms with Crippen LogP contribution in [0.2, 0.25) is 0 Å². The van der Waals surface area contributed by atoms with Crippen molar-refractivity contribution in [2.75, 3.05) is 0 Å². The number of aliphatic hydroxyl groups is 1. The Morgan fingerprint density at radius 2 is 2.07 bits per heavy atom. The minimum atomic E-state index is -0.435. The van der Waals surface area contributed by atoms with Gasteiger partial charge in [-0.05, 0) is 38.0 Å². The predicted molar refractivity (Wildman–Crippen MR) is 62.1 cm³/mol. The molecule has 0 aliphatic rings. The largest absolute Gasteiger partial charge is 0.491 e. The summed E-state index contributed by atoms with van der Waals surface area (Å²) in [7, 11) is 0. The summed E-state index contributed by atoms with van der Waals surface area (Å²) in [6.07, 6.45) is 1.98. The molecule has 0 fully saturated rings. The lowest BCUT2D eigenvalue weighted by Crippen LogP contribution is -2.11. The number of rotatable bonds is 5. The normalized spacial score (nSPS) is 14.7. The van der Waals surface area contributed by atoms with E-state index in [2.05, 4.69) is 13.8 Å². The SMILES string of the molecule is CCCC(C)Oc1cccc([C@H](C)O)c1. The highest BCUT2D eigenvalue weighted by Gasteiger charge is 2.05. The van der Waals surface area contributed by atoms with Crippen LogP contribution in [0, 0.1) is 0 Å². The third kappa shape index (κ3) is 3.92. The fourth-order valence-corrected chi connectivity index (χ4v) is 1.55. The quantitative estimate of drug-likeness (QED) is 0.804. The summed E-state index contributed by atoms with van der Waals surface area (Å²) in [6, 6.07) is 7.65. The lowest BCUT2D eigenvalue weighted by Gasteiger charge is -2.15. The average molecular weight is 208 g/mol. The summed E-state index contributed by atoms with van der Waals surface area (Å²) in [6.45, 7) is 5.97. The molecule has 0 aliphatic heterocycles. The molecule has 2 atom stereocenters. The van der Waals surface area contributed by atoms with Crippen LogP contribution in [-0.4, -0.2) is 11.2 Å². The highest BCUT2D eigenvalue weighted by atomic mass is 16.5. The first-order chi connectivity index (χ1) is 7.13. The van der Waals surface area contributed by atoms with Crippen molar-refractivity contribution in [1.82, 2.24) is 0 Å². The van der Waals surface area contributed by atoms with Crippen LogP contribution < -0.4 is 4.74 Å². The second kappa shape index (κ2) is 5.76. The molecule has 0 heterocycles. The maximum absolute atomic E-state index is 9.43. The van der Waals surface area contributed by atoms with E-state index in [0.29, 0.717) is 0 Å². The highest BCUT2D eigenvalue weighted by molar-refractivity contribution is 5.29. The molecular formula is C13H20O2. The molecule has 2 nitrogen and oxygen atoms in total. The van der Waals surface area contributed by atoms with Crippen molar-refractivity contribution in [2.24, 2.45) is 0 Å². The van der Waals surface area contributed by atoms with E-state index in [-0.39, 0.29) is 6.10 Å². The van der Waals surface area contributed by atoms with Gasteiger partial charge in [0, 0.05) is 0 Å². The molecule has 1 N–H and O–H groups in total. The zero-order valence-electron chi connectivity index (χ0n) is 9.73. The van der Waals surface area contributed by atoms with Gasteiger partial charge < -0.3 is 9.84 Å². The Labute approximate surface area is 91.9 Å². The van der Waals surface area contributed by atoms with Gasteiger partial charge >= 0.3 is 0 Å². The second-order valence-electron chi connectivity index (χ2n) is 3.97. The molecule has 0 saturated heterocycles. The van der Waals surface area contributed by atoms with Crippen molar-refractivity contribution in [3.05, 3.63) is 29.8 Å². The fourth-order valence-electron chi connectivity index (χ4n) is 1.55. The van der Waals surface area contributed by atoms with Gasteiger partial charge in [-0.1, -0.05) is 25.5 Å². The minimum Gasteiger partial charge on any atom is -0.491 e. The first-order valence-corrected chi connectivity index (χ1v) is 5.58. The van der Waals surface area contributed by atoms with E-state index in [1.54, 1.807) is 6.92 Å². The van der Waals surface area contributed by atoms with E-state index < -0.39 is 6.10 Å². The summed E-state index contributed by atoms with van der Waals surface area (Å²) in [4.78, 5) is 0. The van der Waals surface area contributed by atoms with E-state index in [1.807, 2.05) is 24.3 Å². The van der Waals surface area contributed by atoms with E-state index in [0.717, 1.165) is 24.2 Å². The molecule has 1 aromatic rings. The predicted octanol–water partition coefficient (Wildman–Crippen LogP) is 3.31. The lowest BCUT2D eigenvalue weighted by molar-refractivity contribution is 0.193. The zero-order chi connectivity index (χ0) is 11.3. The van der Waals surface area contributed by atoms with Crippen LogP contribution in [0.15, 0.2) is 24.3 Å². The molecule has 1 rings (SSSR count). The Morgan fingerprint density at radius 1 is 1.33 bits per heavy atom. The fraction of sp³-hybridized carbons (Fsp3) is 0.538. The second-order valence-corrected chi connectivity index (χ2v) is 3.97. The van der Waals surface area contributed by atoms with Crippen molar-refractivity contribution < 1.29 is 9.84 Å². The van der Waals surface area contributed by atoms with Gasteiger partial charge in [0.15, 0.2) is 0 Å². The van der Waals surface area contributed by atoms with Crippen LogP contribution in [0.1, 0.15) is 45.3 Å². The molecular weight excluding hydrogens is 188 g/mol. The van der Waals surface area contributed by atoms with Crippen molar-refractivity contribution >= 4 is 0 Å². The molecule has 0 radical (unpaired) electrons. The number of ether oxygens (including phenoxy) is 1. The number of benzene rings is 1. The van der Waals surface area contributed by atoms with Crippen molar-refractivity contribution in [3.8, 4) is 5.75 Å². The van der Waals surface area contributed by atoms with Crippen molar-refractivity contribution in [1.29, 1.82) is 0 Å². The molecule has 0 aromatic heterocycles. The van der Waals surface area contributed by atoms with Gasteiger partial charge in [0.25, 0.3) is 0 Å². The van der Waals surface area contributed by atoms with E-state index >= 15 is 0 Å². The Balaban J connectivity index is 2.65. The smallest absolute Gasteiger partial charge is 0.120 e. The topological polar surface area (TPSA) is 29.5 Å². The van der Waals surface area contributed by atoms with Crippen molar-refractivity contribution in [3.63, 3.8) is 0 Å². The van der Waals surface area contributed by atoms with Gasteiger partial charge in [-0.25, -0.2) is 0 Å². The van der Waals surface area contributed by atoms with Crippen LogP contribution in [0.3, 0.4) is 0 Å². The minimum absolute atomic E-state index is 0.235. The number of hydrogen-bond acceptors (Lipinski definition) is 2. The summed E-state index contributed by atoms with van der Waals surface area (Å²) in [5, 5.41) is 9.43. The van der Waals surface area contributed by atoms with Gasteiger partial charge in [-0.3, -0.25) is 0 Å². The molecule has 15 heavy (non-hydrogen) atoms. The summed E-state index contributed by atoms with van der Waals surface area (Å²) in [5.74, 6) is 0.842. The van der Waals surface area contributed by atoms with Crippen molar-refractivity contribution in [2.45, 2.75) is 45.8 Å². The first-order valence-electron chi connectivity index (χ1n) is 5.58. The average Bonchev–Trinajstić information content (AvgIpc) is 2.18. The van der Waals surface area contributed by atoms with Gasteiger partial charge in [0.1, 0.15) is 5.75 Å².